The second-order valence-electron chi connectivity index (χ2n) is 35.7. The third-order valence-electron chi connectivity index (χ3n) is 25.4. The third-order valence-corrected chi connectivity index (χ3v) is 31.1. The predicted octanol–water partition coefficient (Wildman–Crippen LogP) is 27.0. The molecule has 0 atom stereocenters. The number of fused-ring (bicyclic) bond motifs is 21. The fraction of sp³-hybridized carbons (Fsp3) is 0.0500. The van der Waals surface area contributed by atoms with Crippen molar-refractivity contribution in [1.82, 2.24) is 59.8 Å². The van der Waals surface area contributed by atoms with Crippen LogP contribution in [-0.2, 0) is 0 Å². The van der Waals surface area contributed by atoms with Crippen molar-refractivity contribution >= 4 is 226 Å². The van der Waals surface area contributed by atoms with Gasteiger partial charge >= 0.3 is 345 Å². The third kappa shape index (κ3) is 19.7. The van der Waals surface area contributed by atoms with Crippen LogP contribution >= 0.6 is 34.8 Å². The van der Waals surface area contributed by atoms with Crippen LogP contribution in [0.3, 0.4) is 0 Å². The van der Waals surface area contributed by atoms with Gasteiger partial charge in [0.2, 0.25) is 27.6 Å². The summed E-state index contributed by atoms with van der Waals surface area (Å²) in [4.78, 5) is 54.7. The Morgan fingerprint density at radius 1 is 0.260 bits per heavy atom. The van der Waals surface area contributed by atoms with E-state index < -0.39 is 18.3 Å². The van der Waals surface area contributed by atoms with Crippen molar-refractivity contribution in [3.63, 3.8) is 0 Å². The van der Waals surface area contributed by atoms with E-state index in [9.17, 15) is 10.0 Å². The number of aliphatic hydroxyl groups is 2. The molecule has 0 unspecified atom stereocenters. The van der Waals surface area contributed by atoms with Crippen molar-refractivity contribution in [1.29, 1.82) is 0 Å². The van der Waals surface area contributed by atoms with Crippen LogP contribution in [-0.4, -0.2) is 135 Å². The van der Waals surface area contributed by atoms with E-state index in [-0.39, 0.29) is 44.9 Å². The zero-order valence-electron chi connectivity index (χ0n) is 78.5. The number of rotatable bonds is 11. The van der Waals surface area contributed by atoms with Gasteiger partial charge in [0.1, 0.15) is 18.9 Å². The second kappa shape index (κ2) is 40.7. The molecule has 0 bridgehead atoms. The topological polar surface area (TPSA) is 275 Å². The van der Waals surface area contributed by atoms with E-state index in [1.54, 1.807) is 33.8 Å². The van der Waals surface area contributed by atoms with Crippen molar-refractivity contribution in [2.45, 2.75) is 38.9 Å². The summed E-state index contributed by atoms with van der Waals surface area (Å²) in [5, 5.41) is 55.1. The Kier molecular flexibility index (Phi) is 26.5. The monoisotopic (exact) mass is 2090 g/mol. The fourth-order valence-electron chi connectivity index (χ4n) is 17.4. The standard InChI is InChI=1S/C42H24N4OSe.C30H17ClN4O.C21H12BNO.C12H9BO2Se.C9H5Cl2N3.C6H14O2/c1-3-10-27(11-4-1)39-44-40(46-41(45-39)32-16-9-15-31-30-14-7-8-17-35(30)48-38(31)32)29-21-19-25-18-20-26-22-23-34-37(36(26)33(25)24-29)47-42(43-34)28-12-5-2-6-13-28;31-30-34-27(20-7-3-1-4-8-20)33-28(35-30)22-14-12-18-11-13-19-15-16-24-26(25(19)23(18)17-22)36-29(32-24)21-9-5-2-6-10-21;22-16-10-8-13-6-7-14-9-11-18-20(19(14)17(13)12-16)24-21(23-18)15-4-2-1-3-5-15;14-13(15)10-6-3-5-9-8-4-1-2-7-11(8)16-12(9)10;10-8-12-7(13-9(11)14-8)6-4-2-1-3-5-6;1-5(2,7)6(3,4)8/h1-24H;1-17H;1-12H;1-7,14-15H;1-5H;7-8H,1-4H3. The van der Waals surface area contributed by atoms with Gasteiger partial charge in [-0.1, -0.05) is 187 Å². The molecule has 146 heavy (non-hydrogen) atoms. The summed E-state index contributed by atoms with van der Waals surface area (Å²) in [6.07, 6.45) is 0. The molecule has 0 fully saturated rings. The van der Waals surface area contributed by atoms with Gasteiger partial charge in [-0.05, 0) is 149 Å². The quantitative estimate of drug-likeness (QED) is 0.0692. The molecule has 0 aliphatic heterocycles. The Balaban J connectivity index is 0.000000109. The average Bonchev–Trinajstić information content (AvgIpc) is 1.40. The summed E-state index contributed by atoms with van der Waals surface area (Å²) >= 11 is 18.0. The van der Waals surface area contributed by atoms with Crippen LogP contribution in [0.25, 0.3) is 239 Å². The predicted molar refractivity (Wildman–Crippen MR) is 596 cm³/mol. The van der Waals surface area contributed by atoms with E-state index in [0.717, 1.165) is 163 Å². The van der Waals surface area contributed by atoms with Crippen LogP contribution in [0, 0.1) is 0 Å². The van der Waals surface area contributed by atoms with E-state index in [2.05, 4.69) is 188 Å². The summed E-state index contributed by atoms with van der Waals surface area (Å²) in [6.45, 7) is 6.31. The van der Waals surface area contributed by atoms with Crippen LogP contribution in [0.2, 0.25) is 15.9 Å². The Morgan fingerprint density at radius 3 is 0.959 bits per heavy atom. The van der Waals surface area contributed by atoms with E-state index in [1.165, 1.54) is 28.9 Å². The number of hydrogen-bond acceptors (Lipinski definition) is 19. The van der Waals surface area contributed by atoms with Gasteiger partial charge in [-0.2, -0.15) is 24.9 Å². The van der Waals surface area contributed by atoms with Gasteiger partial charge in [0.05, 0.1) is 11.2 Å². The zero-order valence-corrected chi connectivity index (χ0v) is 84.2. The van der Waals surface area contributed by atoms with Gasteiger partial charge in [0, 0.05) is 44.2 Å². The number of oxazole rings is 3. The average molecular weight is 2090 g/mol. The molecular weight excluding hydrogens is 2010 g/mol. The molecule has 2 radical (unpaired) electrons. The maximum absolute atomic E-state index is 9.33. The van der Waals surface area contributed by atoms with Crippen LogP contribution in [0.15, 0.2) is 408 Å². The van der Waals surface area contributed by atoms with Gasteiger partial charge in [-0.15, -0.1) is 0 Å². The summed E-state index contributed by atoms with van der Waals surface area (Å²) in [7, 11) is 4.64. The van der Waals surface area contributed by atoms with Crippen LogP contribution < -0.4 is 10.9 Å². The number of aromatic nitrogens is 12. The summed E-state index contributed by atoms with van der Waals surface area (Å²) in [5.41, 5.74) is 12.6. The van der Waals surface area contributed by atoms with E-state index >= 15 is 0 Å². The molecule has 0 amide bonds. The Labute approximate surface area is 864 Å². The van der Waals surface area contributed by atoms with Crippen molar-refractivity contribution < 1.29 is 33.5 Å². The minimum absolute atomic E-state index is 0.101. The Bertz CT molecular complexity index is 9570. The molecule has 8 aromatic heterocycles. The first-order valence-corrected chi connectivity index (χ1v) is 51.4. The summed E-state index contributed by atoms with van der Waals surface area (Å²) in [5.74, 6) is 5.36. The summed E-state index contributed by atoms with van der Waals surface area (Å²) in [6, 6.07) is 132. The van der Waals surface area contributed by atoms with E-state index in [0.29, 0.717) is 58.1 Å². The second-order valence-corrected chi connectivity index (χ2v) is 41.1. The number of nitrogens with zero attached hydrogens (tertiary/aromatic N) is 12. The van der Waals surface area contributed by atoms with Crippen molar-refractivity contribution in [2.75, 3.05) is 0 Å². The molecule has 27 rings (SSSR count). The molecule has 4 N–H and O–H groups in total. The molecule has 0 aliphatic carbocycles. The van der Waals surface area contributed by atoms with Crippen molar-refractivity contribution in [2.24, 2.45) is 0 Å². The first kappa shape index (κ1) is 94.9. The molecule has 0 aliphatic rings. The molecule has 19 nitrogen and oxygen atoms in total. The van der Waals surface area contributed by atoms with Gasteiger partial charge in [0.25, 0.3) is 0 Å². The first-order chi connectivity index (χ1) is 71.1. The molecule has 0 saturated carbocycles. The number of halogens is 3. The van der Waals surface area contributed by atoms with Crippen molar-refractivity contribution in [3.8, 4) is 103 Å². The van der Waals surface area contributed by atoms with Crippen LogP contribution in [0.1, 0.15) is 27.7 Å². The van der Waals surface area contributed by atoms with Crippen molar-refractivity contribution in [3.05, 3.63) is 410 Å². The molecule has 8 heterocycles. The van der Waals surface area contributed by atoms with Gasteiger partial charge in [-0.25, -0.2) is 15.0 Å². The Morgan fingerprint density at radius 2 is 0.555 bits per heavy atom. The minimum atomic E-state index is -1.37. The molecule has 0 spiro atoms. The first-order valence-electron chi connectivity index (χ1n) is 46.8. The summed E-state index contributed by atoms with van der Waals surface area (Å²) < 4.78 is 24.1. The van der Waals surface area contributed by atoms with Gasteiger partial charge in [0.15, 0.2) is 28.6 Å². The molecular formula is C120H81B2Cl3N12O7Se2. The van der Waals surface area contributed by atoms with E-state index in [1.807, 2.05) is 231 Å². The van der Waals surface area contributed by atoms with Crippen LogP contribution in [0.4, 0.5) is 0 Å². The molecule has 0 saturated heterocycles. The Hall–Kier alpha value is -15.9. The normalized spacial score (nSPS) is 11.6. The zero-order chi connectivity index (χ0) is 99.9. The van der Waals surface area contributed by atoms with Gasteiger partial charge < -0.3 is 19.0 Å². The molecule has 19 aromatic carbocycles. The molecule has 27 aromatic rings. The molecule has 26 heteroatoms. The molecule has 702 valence electrons. The number of hydrogen-bond donors (Lipinski definition) is 4. The fourth-order valence-corrected chi connectivity index (χ4v) is 23.1. The number of benzene rings is 19. The SMILES string of the molecule is CC(C)(O)C(C)(C)O.Clc1nc(-c2ccccc2)nc(-c2ccc3ccc4ccc5nc(-c6ccccc6)oc5c4c3c2)n1.Clc1nc(Cl)nc(-c2ccccc2)n1.OB(O)c1cccc2c1[se]c1ccccc12.[B]c1ccc2ccc3ccc4nc(-c5ccccc5)oc4c3c2c1.c1ccc(-c2nc(-c3ccc4ccc5ccc6nc(-c7ccccc7)oc6c5c4c3)nc(-c3cccc4c3[se]c3ccccc34)n2)cc1. The van der Waals surface area contributed by atoms with Crippen LogP contribution in [0.5, 0.6) is 0 Å². The van der Waals surface area contributed by atoms with E-state index in [4.69, 9.17) is 96.0 Å². The van der Waals surface area contributed by atoms with Gasteiger partial charge in [-0.3, -0.25) is 0 Å². The maximum atomic E-state index is 9.33.